The van der Waals surface area contributed by atoms with Gasteiger partial charge in [-0.25, -0.2) is 4.79 Å². The molecule has 0 spiro atoms. The first-order chi connectivity index (χ1) is 9.60. The van der Waals surface area contributed by atoms with E-state index in [1.54, 1.807) is 7.11 Å². The topological polar surface area (TPSA) is 50.4 Å². The third-order valence-corrected chi connectivity index (χ3v) is 4.10. The molecule has 0 saturated heterocycles. The first kappa shape index (κ1) is 15.0. The number of methoxy groups -OCH3 is 1. The van der Waals surface area contributed by atoms with Crippen molar-refractivity contribution in [2.75, 3.05) is 7.11 Å². The second-order valence-electron chi connectivity index (χ2n) is 5.22. The third-order valence-electron chi connectivity index (χ3n) is 3.69. The van der Waals surface area contributed by atoms with Crippen LogP contribution in [0.3, 0.4) is 0 Å². The molecule has 0 unspecified atom stereocenters. The Labute approximate surface area is 124 Å². The van der Waals surface area contributed by atoms with Crippen molar-refractivity contribution in [3.8, 4) is 5.75 Å². The minimum Gasteiger partial charge on any atom is -0.496 e. The van der Waals surface area contributed by atoms with Crippen LogP contribution in [-0.2, 0) is 6.54 Å². The highest BCUT2D eigenvalue weighted by atomic mass is 35.5. The fourth-order valence-electron chi connectivity index (χ4n) is 2.51. The molecule has 5 heteroatoms. The van der Waals surface area contributed by atoms with Gasteiger partial charge < -0.3 is 15.4 Å². The molecule has 0 bridgehead atoms. The van der Waals surface area contributed by atoms with Gasteiger partial charge in [-0.1, -0.05) is 24.4 Å². The van der Waals surface area contributed by atoms with Gasteiger partial charge in [0.2, 0.25) is 0 Å². The number of carbonyl (C=O) groups excluding carboxylic acids is 1. The van der Waals surface area contributed by atoms with Gasteiger partial charge in [0.05, 0.1) is 7.11 Å². The molecule has 1 aliphatic carbocycles. The van der Waals surface area contributed by atoms with Gasteiger partial charge in [-0.3, -0.25) is 0 Å². The Kier molecular flexibility index (Phi) is 5.12. The predicted molar refractivity (Wildman–Crippen MR) is 80.4 cm³/mol. The fourth-order valence-corrected chi connectivity index (χ4v) is 2.69. The van der Waals surface area contributed by atoms with Crippen molar-refractivity contribution in [3.05, 3.63) is 28.3 Å². The van der Waals surface area contributed by atoms with Crippen LogP contribution in [-0.4, -0.2) is 19.2 Å². The van der Waals surface area contributed by atoms with Crippen molar-refractivity contribution in [1.82, 2.24) is 10.6 Å². The van der Waals surface area contributed by atoms with Gasteiger partial charge in [0.15, 0.2) is 0 Å². The molecular formula is C15H21ClN2O2. The van der Waals surface area contributed by atoms with E-state index in [-0.39, 0.29) is 6.03 Å². The van der Waals surface area contributed by atoms with Crippen LogP contribution in [0.2, 0.25) is 5.02 Å². The van der Waals surface area contributed by atoms with Gasteiger partial charge in [-0.2, -0.15) is 0 Å². The number of hydrogen-bond donors (Lipinski definition) is 2. The summed E-state index contributed by atoms with van der Waals surface area (Å²) in [5.74, 6) is 0.744. The van der Waals surface area contributed by atoms with E-state index in [9.17, 15) is 4.79 Å². The van der Waals surface area contributed by atoms with E-state index in [0.29, 0.717) is 17.6 Å². The molecule has 2 amide bonds. The Morgan fingerprint density at radius 1 is 1.40 bits per heavy atom. The van der Waals surface area contributed by atoms with Gasteiger partial charge in [-0.15, -0.1) is 0 Å². The number of rotatable bonds is 4. The molecule has 2 rings (SSSR count). The summed E-state index contributed by atoms with van der Waals surface area (Å²) in [6.45, 7) is 2.33. The average Bonchev–Trinajstić information content (AvgIpc) is 2.92. The van der Waals surface area contributed by atoms with Gasteiger partial charge >= 0.3 is 6.03 Å². The molecule has 0 radical (unpaired) electrons. The van der Waals surface area contributed by atoms with Gasteiger partial charge in [0.1, 0.15) is 5.75 Å². The number of amides is 2. The Hall–Kier alpha value is -1.42. The molecule has 0 atom stereocenters. The minimum atomic E-state index is -0.129. The molecule has 0 heterocycles. The van der Waals surface area contributed by atoms with Crippen LogP contribution < -0.4 is 15.4 Å². The summed E-state index contributed by atoms with van der Waals surface area (Å²) in [5.41, 5.74) is 1.84. The van der Waals surface area contributed by atoms with Crippen molar-refractivity contribution in [2.24, 2.45) is 0 Å². The summed E-state index contributed by atoms with van der Waals surface area (Å²) in [4.78, 5) is 11.8. The molecule has 1 aliphatic rings. The van der Waals surface area contributed by atoms with Crippen LogP contribution in [0.25, 0.3) is 0 Å². The van der Waals surface area contributed by atoms with Crippen molar-refractivity contribution >= 4 is 17.6 Å². The van der Waals surface area contributed by atoms with Crippen molar-refractivity contribution in [2.45, 2.75) is 45.2 Å². The minimum absolute atomic E-state index is 0.129. The summed E-state index contributed by atoms with van der Waals surface area (Å²) >= 11 is 6.11. The number of carbonyl (C=O) groups is 1. The maximum Gasteiger partial charge on any atom is 0.315 e. The van der Waals surface area contributed by atoms with E-state index in [0.717, 1.165) is 29.7 Å². The maximum absolute atomic E-state index is 11.8. The lowest BCUT2D eigenvalue weighted by molar-refractivity contribution is 0.236. The van der Waals surface area contributed by atoms with Crippen LogP contribution in [0, 0.1) is 6.92 Å². The zero-order chi connectivity index (χ0) is 14.5. The summed E-state index contributed by atoms with van der Waals surface area (Å²) in [5, 5.41) is 6.53. The van der Waals surface area contributed by atoms with E-state index >= 15 is 0 Å². The summed E-state index contributed by atoms with van der Waals surface area (Å²) < 4.78 is 5.32. The first-order valence-corrected chi connectivity index (χ1v) is 7.35. The molecule has 0 aromatic heterocycles. The molecule has 1 fully saturated rings. The van der Waals surface area contributed by atoms with Crippen molar-refractivity contribution in [1.29, 1.82) is 0 Å². The summed E-state index contributed by atoms with van der Waals surface area (Å²) in [7, 11) is 1.62. The number of halogens is 1. The average molecular weight is 297 g/mol. The van der Waals surface area contributed by atoms with Crippen LogP contribution in [0.4, 0.5) is 4.79 Å². The SMILES string of the molecule is COc1cc(C)c(Cl)cc1CNC(=O)NC1CCCC1. The molecule has 4 nitrogen and oxygen atoms in total. The number of urea groups is 1. The van der Waals surface area contributed by atoms with Crippen molar-refractivity contribution < 1.29 is 9.53 Å². The molecule has 2 N–H and O–H groups in total. The Bertz CT molecular complexity index is 485. The molecule has 0 aliphatic heterocycles. The van der Waals surface area contributed by atoms with Gasteiger partial charge in [0.25, 0.3) is 0 Å². The zero-order valence-corrected chi connectivity index (χ0v) is 12.7. The first-order valence-electron chi connectivity index (χ1n) is 6.97. The molecule has 20 heavy (non-hydrogen) atoms. The molecule has 110 valence electrons. The Balaban J connectivity index is 1.92. The molecular weight excluding hydrogens is 276 g/mol. The van der Waals surface area contributed by atoms with Gasteiger partial charge in [-0.05, 0) is 37.5 Å². The van der Waals surface area contributed by atoms with E-state index in [2.05, 4.69) is 10.6 Å². The number of aryl methyl sites for hydroxylation is 1. The lowest BCUT2D eigenvalue weighted by Crippen LogP contribution is -2.40. The summed E-state index contributed by atoms with van der Waals surface area (Å²) in [6, 6.07) is 3.91. The van der Waals surface area contributed by atoms with E-state index in [1.165, 1.54) is 12.8 Å². The number of hydrogen-bond acceptors (Lipinski definition) is 2. The van der Waals surface area contributed by atoms with Crippen LogP contribution in [0.15, 0.2) is 12.1 Å². The second-order valence-corrected chi connectivity index (χ2v) is 5.63. The van der Waals surface area contributed by atoms with Crippen molar-refractivity contribution in [3.63, 3.8) is 0 Å². The van der Waals surface area contributed by atoms with E-state index < -0.39 is 0 Å². The highest BCUT2D eigenvalue weighted by Gasteiger charge is 2.17. The maximum atomic E-state index is 11.8. The summed E-state index contributed by atoms with van der Waals surface area (Å²) in [6.07, 6.45) is 4.55. The highest BCUT2D eigenvalue weighted by Crippen LogP contribution is 2.26. The number of nitrogens with one attached hydrogen (secondary N) is 2. The zero-order valence-electron chi connectivity index (χ0n) is 12.0. The number of benzene rings is 1. The second kappa shape index (κ2) is 6.84. The van der Waals surface area contributed by atoms with Gasteiger partial charge in [0, 0.05) is 23.2 Å². The quantitative estimate of drug-likeness (QED) is 0.895. The van der Waals surface area contributed by atoms with Crippen LogP contribution >= 0.6 is 11.6 Å². The number of ether oxygens (including phenoxy) is 1. The molecule has 1 aromatic rings. The fraction of sp³-hybridized carbons (Fsp3) is 0.533. The largest absolute Gasteiger partial charge is 0.496 e. The smallest absolute Gasteiger partial charge is 0.315 e. The lowest BCUT2D eigenvalue weighted by Gasteiger charge is -2.15. The predicted octanol–water partition coefficient (Wildman–Crippen LogP) is 3.40. The monoisotopic (exact) mass is 296 g/mol. The highest BCUT2D eigenvalue weighted by molar-refractivity contribution is 6.31. The normalized spacial score (nSPS) is 15.2. The Morgan fingerprint density at radius 2 is 2.10 bits per heavy atom. The van der Waals surface area contributed by atoms with E-state index in [1.807, 2.05) is 19.1 Å². The molecule has 1 saturated carbocycles. The van der Waals surface area contributed by atoms with Crippen LogP contribution in [0.1, 0.15) is 36.8 Å². The molecule has 1 aromatic carbocycles. The lowest BCUT2D eigenvalue weighted by atomic mass is 10.1. The standard InChI is InChI=1S/C15H21ClN2O2/c1-10-7-14(20-2)11(8-13(10)16)9-17-15(19)18-12-5-3-4-6-12/h7-8,12H,3-6,9H2,1-2H3,(H2,17,18,19). The van der Waals surface area contributed by atoms with Crippen LogP contribution in [0.5, 0.6) is 5.75 Å². The third kappa shape index (κ3) is 3.79. The Morgan fingerprint density at radius 3 is 2.75 bits per heavy atom. The van der Waals surface area contributed by atoms with E-state index in [4.69, 9.17) is 16.3 Å².